The fourth-order valence-electron chi connectivity index (χ4n) is 5.76. The molecule has 1 amide bonds. The van der Waals surface area contributed by atoms with E-state index in [1.165, 1.54) is 12.1 Å². The van der Waals surface area contributed by atoms with Crippen molar-refractivity contribution in [3.05, 3.63) is 77.9 Å². The Morgan fingerprint density at radius 2 is 2.10 bits per heavy atom. The summed E-state index contributed by atoms with van der Waals surface area (Å²) >= 11 is 0. The molecule has 11 heteroatoms. The molecular formula is C31H34FN7O3. The molecule has 10 nitrogen and oxygen atoms in total. The Morgan fingerprint density at radius 1 is 1.21 bits per heavy atom. The van der Waals surface area contributed by atoms with Gasteiger partial charge in [0.1, 0.15) is 17.5 Å². The number of hydrogen-bond acceptors (Lipinski definition) is 9. The summed E-state index contributed by atoms with van der Waals surface area (Å²) < 4.78 is 21.2. The van der Waals surface area contributed by atoms with E-state index in [0.29, 0.717) is 43.6 Å². The Hall–Kier alpha value is -4.19. The first-order valence-electron chi connectivity index (χ1n) is 14.3. The molecule has 2 fully saturated rings. The molecule has 2 saturated heterocycles. The van der Waals surface area contributed by atoms with Crippen molar-refractivity contribution in [2.24, 2.45) is 0 Å². The number of amides is 1. The molecule has 3 N–H and O–H groups in total. The summed E-state index contributed by atoms with van der Waals surface area (Å²) in [5.41, 5.74) is 1.38. The normalized spacial score (nSPS) is 19.1. The molecule has 2 aromatic heterocycles. The molecule has 42 heavy (non-hydrogen) atoms. The van der Waals surface area contributed by atoms with Gasteiger partial charge >= 0.3 is 0 Å². The van der Waals surface area contributed by atoms with E-state index in [9.17, 15) is 9.90 Å². The number of nitrogens with one attached hydrogen (secondary N) is 2. The average molecular weight is 572 g/mol. The number of aliphatic hydroxyl groups excluding tert-OH is 1. The predicted octanol–water partition coefficient (Wildman–Crippen LogP) is 3.81. The van der Waals surface area contributed by atoms with Crippen LogP contribution < -0.4 is 20.4 Å². The van der Waals surface area contributed by atoms with E-state index in [-0.39, 0.29) is 30.2 Å². The standard InChI is InChI=1S/C31H34FN7O3/c1-20-4-2-5-21-9-12-34-29(28(20)21)39(23-6-3-11-33-17-23)30(41)25-8-7-22(16-26(25)32)36-31-35-13-10-27(37-31)38-14-15-42-19-24(38)18-40/h2,4-5,7-10,12-13,16,23-24,33,40H,3,6,11,14-15,17-19H2,1H3,(H,35,36,37)/t23-,24-/m1/s1. The molecule has 2 aromatic carbocycles. The third kappa shape index (κ3) is 5.63. The Kier molecular flexibility index (Phi) is 8.22. The highest BCUT2D eigenvalue weighted by atomic mass is 19.1. The van der Waals surface area contributed by atoms with E-state index in [1.54, 1.807) is 29.4 Å². The van der Waals surface area contributed by atoms with Crippen LogP contribution in [0.1, 0.15) is 28.8 Å². The number of pyridine rings is 1. The summed E-state index contributed by atoms with van der Waals surface area (Å²) in [6, 6.07) is 13.7. The molecule has 0 saturated carbocycles. The van der Waals surface area contributed by atoms with Gasteiger partial charge in [0.05, 0.1) is 37.5 Å². The lowest BCUT2D eigenvalue weighted by Crippen LogP contribution is -2.49. The van der Waals surface area contributed by atoms with Crippen molar-refractivity contribution in [3.8, 4) is 0 Å². The van der Waals surface area contributed by atoms with Gasteiger partial charge < -0.3 is 25.4 Å². The SMILES string of the molecule is Cc1cccc2ccnc(N(C(=O)c3ccc(Nc4nccc(N5CCOC[C@H]5CO)n4)cc3F)[C@@H]3CCCNC3)c12. The third-order valence-corrected chi connectivity index (χ3v) is 7.89. The minimum absolute atomic E-state index is 0.0349. The second kappa shape index (κ2) is 12.4. The van der Waals surface area contributed by atoms with E-state index < -0.39 is 11.7 Å². The monoisotopic (exact) mass is 571 g/mol. The summed E-state index contributed by atoms with van der Waals surface area (Å²) in [4.78, 5) is 31.2. The van der Waals surface area contributed by atoms with Crippen molar-refractivity contribution in [1.29, 1.82) is 0 Å². The van der Waals surface area contributed by atoms with Crippen LogP contribution in [-0.4, -0.2) is 77.5 Å². The van der Waals surface area contributed by atoms with Crippen molar-refractivity contribution in [2.45, 2.75) is 31.8 Å². The van der Waals surface area contributed by atoms with Crippen molar-refractivity contribution in [1.82, 2.24) is 20.3 Å². The number of aromatic nitrogens is 3. The van der Waals surface area contributed by atoms with Crippen LogP contribution in [0.25, 0.3) is 10.8 Å². The van der Waals surface area contributed by atoms with Crippen LogP contribution in [0, 0.1) is 12.7 Å². The van der Waals surface area contributed by atoms with Crippen LogP contribution in [0.15, 0.2) is 60.9 Å². The summed E-state index contributed by atoms with van der Waals surface area (Å²) in [5, 5.41) is 18.0. The highest BCUT2D eigenvalue weighted by Gasteiger charge is 2.32. The smallest absolute Gasteiger partial charge is 0.262 e. The van der Waals surface area contributed by atoms with Gasteiger partial charge in [0.2, 0.25) is 5.95 Å². The number of aryl methyl sites for hydroxylation is 1. The zero-order valence-electron chi connectivity index (χ0n) is 23.5. The van der Waals surface area contributed by atoms with Gasteiger partial charge in [-0.05, 0) is 67.6 Å². The van der Waals surface area contributed by atoms with E-state index in [2.05, 4.69) is 25.6 Å². The fourth-order valence-corrected chi connectivity index (χ4v) is 5.76. The molecule has 0 spiro atoms. The number of halogens is 1. The molecule has 0 bridgehead atoms. The van der Waals surface area contributed by atoms with Crippen LogP contribution in [0.5, 0.6) is 0 Å². The van der Waals surface area contributed by atoms with E-state index >= 15 is 4.39 Å². The van der Waals surface area contributed by atoms with Gasteiger partial charge in [-0.25, -0.2) is 14.4 Å². The molecule has 2 aliphatic rings. The quantitative estimate of drug-likeness (QED) is 0.305. The van der Waals surface area contributed by atoms with Gasteiger partial charge in [-0.3, -0.25) is 9.69 Å². The first-order chi connectivity index (χ1) is 20.5. The minimum Gasteiger partial charge on any atom is -0.394 e. The molecule has 0 unspecified atom stereocenters. The second-order valence-electron chi connectivity index (χ2n) is 10.6. The van der Waals surface area contributed by atoms with Gasteiger partial charge in [-0.15, -0.1) is 0 Å². The molecule has 2 atom stereocenters. The number of carbonyl (C=O) groups excluding carboxylic acids is 1. The number of morpholine rings is 1. The van der Waals surface area contributed by atoms with Gasteiger partial charge in [-0.2, -0.15) is 4.98 Å². The van der Waals surface area contributed by atoms with Crippen molar-refractivity contribution in [2.75, 3.05) is 54.6 Å². The van der Waals surface area contributed by atoms with Gasteiger partial charge in [0.15, 0.2) is 0 Å². The first-order valence-corrected chi connectivity index (χ1v) is 14.3. The lowest BCUT2D eigenvalue weighted by molar-refractivity contribution is 0.0723. The van der Waals surface area contributed by atoms with Crippen LogP contribution in [0.2, 0.25) is 0 Å². The number of anilines is 4. The number of rotatable bonds is 7. The maximum Gasteiger partial charge on any atom is 0.262 e. The van der Waals surface area contributed by atoms with Gasteiger partial charge in [0, 0.05) is 36.6 Å². The van der Waals surface area contributed by atoms with E-state index in [1.807, 2.05) is 36.1 Å². The zero-order chi connectivity index (χ0) is 29.1. The fraction of sp³-hybridized carbons (Fsp3) is 0.355. The number of fused-ring (bicyclic) bond motifs is 1. The number of ether oxygens (including phenoxy) is 1. The Labute approximate surface area is 243 Å². The molecule has 2 aliphatic heterocycles. The average Bonchev–Trinajstić information content (AvgIpc) is 3.02. The highest BCUT2D eigenvalue weighted by Crippen LogP contribution is 2.32. The maximum atomic E-state index is 15.7. The lowest BCUT2D eigenvalue weighted by atomic mass is 10.0. The first kappa shape index (κ1) is 28.0. The van der Waals surface area contributed by atoms with E-state index in [0.717, 1.165) is 35.7 Å². The summed E-state index contributed by atoms with van der Waals surface area (Å²) in [6.45, 7) is 4.95. The third-order valence-electron chi connectivity index (χ3n) is 7.89. The Balaban J connectivity index is 1.29. The Morgan fingerprint density at radius 3 is 2.90 bits per heavy atom. The summed E-state index contributed by atoms with van der Waals surface area (Å²) in [6.07, 6.45) is 5.01. The topological polar surface area (TPSA) is 116 Å². The van der Waals surface area contributed by atoms with Crippen LogP contribution in [0.3, 0.4) is 0 Å². The molecule has 6 rings (SSSR count). The van der Waals surface area contributed by atoms with Gasteiger partial charge in [-0.1, -0.05) is 18.2 Å². The molecular weight excluding hydrogens is 537 g/mol. The van der Waals surface area contributed by atoms with Crippen LogP contribution >= 0.6 is 0 Å². The zero-order valence-corrected chi connectivity index (χ0v) is 23.5. The van der Waals surface area contributed by atoms with Crippen LogP contribution in [-0.2, 0) is 4.74 Å². The maximum absolute atomic E-state index is 15.7. The number of benzene rings is 2. The van der Waals surface area contributed by atoms with Crippen molar-refractivity contribution < 1.29 is 19.0 Å². The molecule has 4 heterocycles. The van der Waals surface area contributed by atoms with Crippen molar-refractivity contribution in [3.63, 3.8) is 0 Å². The van der Waals surface area contributed by atoms with Gasteiger partial charge in [0.25, 0.3) is 5.91 Å². The van der Waals surface area contributed by atoms with Crippen molar-refractivity contribution >= 4 is 40.0 Å². The lowest BCUT2D eigenvalue weighted by Gasteiger charge is -2.35. The van der Waals surface area contributed by atoms with Crippen LogP contribution in [0.4, 0.5) is 27.7 Å². The molecule has 0 aliphatic carbocycles. The van der Waals surface area contributed by atoms with E-state index in [4.69, 9.17) is 4.74 Å². The molecule has 0 radical (unpaired) electrons. The number of carbonyl (C=O) groups is 1. The summed E-state index contributed by atoms with van der Waals surface area (Å²) in [7, 11) is 0. The summed E-state index contributed by atoms with van der Waals surface area (Å²) in [5.74, 6) is 0.369. The highest BCUT2D eigenvalue weighted by molar-refractivity contribution is 6.11. The number of piperidine rings is 1. The largest absolute Gasteiger partial charge is 0.394 e. The molecule has 218 valence electrons. The second-order valence-corrected chi connectivity index (χ2v) is 10.6. The minimum atomic E-state index is -0.652. The Bertz CT molecular complexity index is 1570. The number of aliphatic hydroxyl groups is 1. The number of nitrogens with zero attached hydrogens (tertiary/aromatic N) is 5. The predicted molar refractivity (Wildman–Crippen MR) is 160 cm³/mol. The number of hydrogen-bond donors (Lipinski definition) is 3. The molecule has 4 aromatic rings.